The first kappa shape index (κ1) is 7.66. The van der Waals surface area contributed by atoms with Gasteiger partial charge < -0.3 is 4.90 Å². The smallest absolute Gasteiger partial charge is 0.0396 e. The van der Waals surface area contributed by atoms with Gasteiger partial charge in [0.15, 0.2) is 0 Å². The van der Waals surface area contributed by atoms with Gasteiger partial charge in [0.05, 0.1) is 0 Å². The van der Waals surface area contributed by atoms with Crippen molar-refractivity contribution in [2.45, 2.75) is 19.3 Å². The first-order valence-electron chi connectivity index (χ1n) is 4.67. The fourth-order valence-electron chi connectivity index (χ4n) is 1.88. The van der Waals surface area contributed by atoms with Gasteiger partial charge in [-0.2, -0.15) is 0 Å². The van der Waals surface area contributed by atoms with Crippen molar-refractivity contribution in [3.05, 3.63) is 29.8 Å². The number of fused-ring (bicyclic) bond motifs is 1. The first-order valence-corrected chi connectivity index (χ1v) is 4.67. The van der Waals surface area contributed by atoms with Crippen molar-refractivity contribution in [2.75, 3.05) is 18.5 Å². The van der Waals surface area contributed by atoms with Crippen molar-refractivity contribution in [2.24, 2.45) is 0 Å². The van der Waals surface area contributed by atoms with Crippen molar-refractivity contribution in [1.29, 1.82) is 0 Å². The molecule has 1 aromatic carbocycles. The van der Waals surface area contributed by atoms with Crippen molar-refractivity contribution in [3.8, 4) is 0 Å². The van der Waals surface area contributed by atoms with Gasteiger partial charge in [0.2, 0.25) is 0 Å². The van der Waals surface area contributed by atoms with Crippen LogP contribution in [0.15, 0.2) is 24.3 Å². The second-order valence-corrected chi connectivity index (χ2v) is 3.51. The molecule has 1 aliphatic heterocycles. The van der Waals surface area contributed by atoms with E-state index in [4.69, 9.17) is 0 Å². The van der Waals surface area contributed by atoms with Crippen molar-refractivity contribution < 1.29 is 0 Å². The van der Waals surface area contributed by atoms with Crippen LogP contribution in [0, 0.1) is 0 Å². The average molecular weight is 161 g/mol. The lowest BCUT2D eigenvalue weighted by Gasteiger charge is -2.18. The van der Waals surface area contributed by atoms with E-state index in [1.165, 1.54) is 37.1 Å². The molecule has 0 fully saturated rings. The molecule has 0 spiro atoms. The lowest BCUT2D eigenvalue weighted by Crippen LogP contribution is -2.17. The fourth-order valence-corrected chi connectivity index (χ4v) is 1.88. The maximum atomic E-state index is 2.36. The summed E-state index contributed by atoms with van der Waals surface area (Å²) in [5.74, 6) is 0. The van der Waals surface area contributed by atoms with Crippen LogP contribution in [0.2, 0.25) is 0 Å². The summed E-state index contributed by atoms with van der Waals surface area (Å²) in [5, 5.41) is 0. The minimum atomic E-state index is 1.21. The minimum absolute atomic E-state index is 1.21. The summed E-state index contributed by atoms with van der Waals surface area (Å²) in [5.41, 5.74) is 2.94. The maximum Gasteiger partial charge on any atom is 0.0396 e. The van der Waals surface area contributed by atoms with Crippen LogP contribution in [0.4, 0.5) is 5.69 Å². The highest BCUT2D eigenvalue weighted by Crippen LogP contribution is 2.24. The van der Waals surface area contributed by atoms with Gasteiger partial charge in [0, 0.05) is 19.3 Å². The van der Waals surface area contributed by atoms with Crippen LogP contribution in [0.5, 0.6) is 0 Å². The molecule has 1 heterocycles. The fraction of sp³-hybridized carbons (Fsp3) is 0.455. The summed E-state index contributed by atoms with van der Waals surface area (Å²) in [6.07, 6.45) is 3.91. The number of nitrogens with zero attached hydrogens (tertiary/aromatic N) is 1. The molecule has 0 unspecified atom stereocenters. The molecule has 0 amide bonds. The molecule has 0 bridgehead atoms. The molecule has 1 heteroatoms. The Bertz CT molecular complexity index is 267. The number of rotatable bonds is 0. The Hall–Kier alpha value is -0.980. The van der Waals surface area contributed by atoms with Crippen LogP contribution >= 0.6 is 0 Å². The maximum absolute atomic E-state index is 2.36. The van der Waals surface area contributed by atoms with Gasteiger partial charge in [0.1, 0.15) is 0 Å². The van der Waals surface area contributed by atoms with Gasteiger partial charge >= 0.3 is 0 Å². The molecule has 0 saturated heterocycles. The van der Waals surface area contributed by atoms with E-state index in [2.05, 4.69) is 36.2 Å². The Kier molecular flexibility index (Phi) is 2.03. The standard InChI is InChI=1S/C11H15N/c1-12-9-5-4-7-10-6-2-3-8-11(10)12/h2-3,6,8H,4-5,7,9H2,1H3. The third-order valence-electron chi connectivity index (χ3n) is 2.59. The Morgan fingerprint density at radius 1 is 1.17 bits per heavy atom. The number of hydrogen-bond acceptors (Lipinski definition) is 1. The van der Waals surface area contributed by atoms with Gasteiger partial charge in [-0.1, -0.05) is 18.2 Å². The van der Waals surface area contributed by atoms with Crippen LogP contribution in [0.3, 0.4) is 0 Å². The summed E-state index contributed by atoms with van der Waals surface area (Å²) in [6.45, 7) is 1.21. The molecule has 0 N–H and O–H groups in total. The number of benzene rings is 1. The number of para-hydroxylation sites is 1. The molecule has 0 radical (unpaired) electrons. The monoisotopic (exact) mass is 161 g/mol. The second kappa shape index (κ2) is 3.18. The van der Waals surface area contributed by atoms with E-state index >= 15 is 0 Å². The van der Waals surface area contributed by atoms with Crippen molar-refractivity contribution >= 4 is 5.69 Å². The van der Waals surface area contributed by atoms with Gasteiger partial charge in [-0.3, -0.25) is 0 Å². The molecule has 12 heavy (non-hydrogen) atoms. The Labute approximate surface area is 74.0 Å². The summed E-state index contributed by atoms with van der Waals surface area (Å²) < 4.78 is 0. The van der Waals surface area contributed by atoms with E-state index in [1.807, 2.05) is 0 Å². The van der Waals surface area contributed by atoms with Crippen molar-refractivity contribution in [1.82, 2.24) is 0 Å². The average Bonchev–Trinajstić information content (AvgIpc) is 2.29. The third kappa shape index (κ3) is 1.31. The molecule has 0 atom stereocenters. The molecule has 64 valence electrons. The zero-order chi connectivity index (χ0) is 8.39. The van der Waals surface area contributed by atoms with Crippen LogP contribution < -0.4 is 4.90 Å². The molecule has 1 aliphatic rings. The summed E-state index contributed by atoms with van der Waals surface area (Å²) in [6, 6.07) is 8.73. The summed E-state index contributed by atoms with van der Waals surface area (Å²) in [4.78, 5) is 2.36. The van der Waals surface area contributed by atoms with E-state index in [0.29, 0.717) is 0 Å². The SMILES string of the molecule is CN1CCCCc2ccccc21. The van der Waals surface area contributed by atoms with Crippen LogP contribution in [-0.2, 0) is 6.42 Å². The predicted octanol–water partition coefficient (Wildman–Crippen LogP) is 2.46. The van der Waals surface area contributed by atoms with E-state index < -0.39 is 0 Å². The van der Waals surface area contributed by atoms with Crippen LogP contribution in [0.1, 0.15) is 18.4 Å². The molecular formula is C11H15N. The molecule has 2 rings (SSSR count). The topological polar surface area (TPSA) is 3.24 Å². The summed E-state index contributed by atoms with van der Waals surface area (Å²) >= 11 is 0. The zero-order valence-electron chi connectivity index (χ0n) is 7.59. The van der Waals surface area contributed by atoms with E-state index in [-0.39, 0.29) is 0 Å². The third-order valence-corrected chi connectivity index (χ3v) is 2.59. The molecule has 1 nitrogen and oxygen atoms in total. The second-order valence-electron chi connectivity index (χ2n) is 3.51. The molecular weight excluding hydrogens is 146 g/mol. The highest BCUT2D eigenvalue weighted by atomic mass is 15.1. The van der Waals surface area contributed by atoms with Gasteiger partial charge in [-0.15, -0.1) is 0 Å². The van der Waals surface area contributed by atoms with Gasteiger partial charge in [-0.05, 0) is 30.9 Å². The Morgan fingerprint density at radius 2 is 2.00 bits per heavy atom. The van der Waals surface area contributed by atoms with Crippen molar-refractivity contribution in [3.63, 3.8) is 0 Å². The minimum Gasteiger partial charge on any atom is -0.374 e. The quantitative estimate of drug-likeness (QED) is 0.565. The number of hydrogen-bond donors (Lipinski definition) is 0. The highest BCUT2D eigenvalue weighted by Gasteiger charge is 2.09. The normalized spacial score (nSPS) is 16.9. The molecule has 0 aliphatic carbocycles. The molecule has 0 saturated carbocycles. The van der Waals surface area contributed by atoms with Crippen LogP contribution in [0.25, 0.3) is 0 Å². The lowest BCUT2D eigenvalue weighted by atomic mass is 10.1. The molecule has 0 aromatic heterocycles. The predicted molar refractivity (Wildman–Crippen MR) is 52.7 cm³/mol. The molecule has 1 aromatic rings. The van der Waals surface area contributed by atoms with Gasteiger partial charge in [-0.25, -0.2) is 0 Å². The van der Waals surface area contributed by atoms with E-state index in [1.54, 1.807) is 0 Å². The zero-order valence-corrected chi connectivity index (χ0v) is 7.59. The highest BCUT2D eigenvalue weighted by molar-refractivity contribution is 5.53. The summed E-state index contributed by atoms with van der Waals surface area (Å²) in [7, 11) is 2.18. The number of aryl methyl sites for hydroxylation is 1. The lowest BCUT2D eigenvalue weighted by molar-refractivity contribution is 0.750. The van der Waals surface area contributed by atoms with E-state index in [9.17, 15) is 0 Å². The Morgan fingerprint density at radius 3 is 2.92 bits per heavy atom. The Balaban J connectivity index is 2.39. The van der Waals surface area contributed by atoms with E-state index in [0.717, 1.165) is 0 Å². The first-order chi connectivity index (χ1) is 5.88. The largest absolute Gasteiger partial charge is 0.374 e. The van der Waals surface area contributed by atoms with Crippen LogP contribution in [-0.4, -0.2) is 13.6 Å². The number of anilines is 1. The van der Waals surface area contributed by atoms with Gasteiger partial charge in [0.25, 0.3) is 0 Å².